The van der Waals surface area contributed by atoms with E-state index in [-0.39, 0.29) is 12.5 Å². The van der Waals surface area contributed by atoms with E-state index in [0.29, 0.717) is 12.1 Å². The van der Waals surface area contributed by atoms with Crippen molar-refractivity contribution in [3.63, 3.8) is 0 Å². The predicted octanol–water partition coefficient (Wildman–Crippen LogP) is 1.58. The van der Waals surface area contributed by atoms with Crippen molar-refractivity contribution in [3.05, 3.63) is 33.4 Å². The Morgan fingerprint density at radius 2 is 1.94 bits per heavy atom. The predicted molar refractivity (Wildman–Crippen MR) is 68.1 cm³/mol. The lowest BCUT2D eigenvalue weighted by Gasteiger charge is -2.04. The number of hydrogen-bond acceptors (Lipinski definition) is 3. The standard InChI is InChI=1S/C11H12INO3/c1-2-13-10(14)7-16-11(15)8-3-5-9(12)6-4-8/h3-6H,2,7H2,1H3,(H,13,14). The largest absolute Gasteiger partial charge is 0.452 e. The van der Waals surface area contributed by atoms with Crippen LogP contribution in [0.4, 0.5) is 0 Å². The maximum absolute atomic E-state index is 11.5. The third kappa shape index (κ3) is 4.18. The number of carbonyl (C=O) groups excluding carboxylic acids is 2. The minimum absolute atomic E-state index is 0.237. The summed E-state index contributed by atoms with van der Waals surface area (Å²) in [4.78, 5) is 22.5. The Labute approximate surface area is 108 Å². The smallest absolute Gasteiger partial charge is 0.338 e. The van der Waals surface area contributed by atoms with Gasteiger partial charge in [-0.05, 0) is 53.8 Å². The molecule has 0 unspecified atom stereocenters. The number of amides is 1. The summed E-state index contributed by atoms with van der Waals surface area (Å²) < 4.78 is 5.87. The fourth-order valence-electron chi connectivity index (χ4n) is 1.05. The van der Waals surface area contributed by atoms with Crippen molar-refractivity contribution < 1.29 is 14.3 Å². The van der Waals surface area contributed by atoms with Crippen molar-refractivity contribution in [2.24, 2.45) is 0 Å². The second-order valence-corrected chi connectivity index (χ2v) is 4.28. The van der Waals surface area contributed by atoms with Gasteiger partial charge in [-0.15, -0.1) is 0 Å². The first-order valence-electron chi connectivity index (χ1n) is 4.83. The van der Waals surface area contributed by atoms with E-state index in [9.17, 15) is 9.59 Å². The Hall–Kier alpha value is -1.11. The van der Waals surface area contributed by atoms with E-state index >= 15 is 0 Å². The van der Waals surface area contributed by atoms with Gasteiger partial charge in [-0.2, -0.15) is 0 Å². The molecule has 1 rings (SSSR count). The summed E-state index contributed by atoms with van der Waals surface area (Å²) >= 11 is 2.15. The molecule has 1 amide bonds. The lowest BCUT2D eigenvalue weighted by molar-refractivity contribution is -0.124. The van der Waals surface area contributed by atoms with Gasteiger partial charge >= 0.3 is 5.97 Å². The quantitative estimate of drug-likeness (QED) is 0.672. The Balaban J connectivity index is 2.47. The van der Waals surface area contributed by atoms with Gasteiger partial charge in [0, 0.05) is 10.1 Å². The molecule has 16 heavy (non-hydrogen) atoms. The van der Waals surface area contributed by atoms with E-state index < -0.39 is 5.97 Å². The van der Waals surface area contributed by atoms with Gasteiger partial charge in [-0.25, -0.2) is 4.79 Å². The number of halogens is 1. The zero-order valence-corrected chi connectivity index (χ0v) is 11.0. The highest BCUT2D eigenvalue weighted by atomic mass is 127. The van der Waals surface area contributed by atoms with Crippen LogP contribution in [0.25, 0.3) is 0 Å². The van der Waals surface area contributed by atoms with Crippen molar-refractivity contribution in [2.75, 3.05) is 13.2 Å². The van der Waals surface area contributed by atoms with E-state index in [1.165, 1.54) is 0 Å². The van der Waals surface area contributed by atoms with Crippen LogP contribution >= 0.6 is 22.6 Å². The molecule has 0 bridgehead atoms. The molecule has 0 spiro atoms. The normalized spacial score (nSPS) is 9.62. The van der Waals surface area contributed by atoms with E-state index in [1.54, 1.807) is 19.1 Å². The van der Waals surface area contributed by atoms with E-state index in [1.807, 2.05) is 12.1 Å². The molecule has 0 saturated carbocycles. The fourth-order valence-corrected chi connectivity index (χ4v) is 1.41. The molecule has 0 atom stereocenters. The second-order valence-electron chi connectivity index (χ2n) is 3.04. The maximum atomic E-state index is 11.5. The SMILES string of the molecule is CCNC(=O)COC(=O)c1ccc(I)cc1. The van der Waals surface area contributed by atoms with E-state index in [0.717, 1.165) is 3.57 Å². The number of nitrogens with one attached hydrogen (secondary N) is 1. The average Bonchev–Trinajstić information content (AvgIpc) is 2.27. The number of ether oxygens (including phenoxy) is 1. The van der Waals surface area contributed by atoms with Gasteiger partial charge < -0.3 is 10.1 Å². The van der Waals surface area contributed by atoms with Gasteiger partial charge in [0.25, 0.3) is 5.91 Å². The third-order valence-electron chi connectivity index (χ3n) is 1.79. The molecule has 5 heteroatoms. The minimum Gasteiger partial charge on any atom is -0.452 e. The van der Waals surface area contributed by atoms with Crippen LogP contribution in [0.15, 0.2) is 24.3 Å². The molecular weight excluding hydrogens is 321 g/mol. The van der Waals surface area contributed by atoms with Crippen molar-refractivity contribution in [1.29, 1.82) is 0 Å². The number of likely N-dealkylation sites (N-methyl/N-ethyl adjacent to an activating group) is 1. The molecule has 0 aromatic heterocycles. The molecular formula is C11H12INO3. The molecule has 4 nitrogen and oxygen atoms in total. The molecule has 86 valence electrons. The lowest BCUT2D eigenvalue weighted by atomic mass is 10.2. The highest BCUT2D eigenvalue weighted by Crippen LogP contribution is 2.07. The highest BCUT2D eigenvalue weighted by Gasteiger charge is 2.08. The van der Waals surface area contributed by atoms with Gasteiger partial charge in [0.1, 0.15) is 0 Å². The van der Waals surface area contributed by atoms with Gasteiger partial charge in [0.2, 0.25) is 0 Å². The van der Waals surface area contributed by atoms with Gasteiger partial charge in [0.15, 0.2) is 6.61 Å². The maximum Gasteiger partial charge on any atom is 0.338 e. The first-order valence-corrected chi connectivity index (χ1v) is 5.90. The number of hydrogen-bond donors (Lipinski definition) is 1. The minimum atomic E-state index is -0.484. The monoisotopic (exact) mass is 333 g/mol. The van der Waals surface area contributed by atoms with Crippen molar-refractivity contribution in [1.82, 2.24) is 5.32 Å². The van der Waals surface area contributed by atoms with Crippen LogP contribution in [0.2, 0.25) is 0 Å². The lowest BCUT2D eigenvalue weighted by Crippen LogP contribution is -2.28. The highest BCUT2D eigenvalue weighted by molar-refractivity contribution is 14.1. The molecule has 1 aromatic carbocycles. The van der Waals surface area contributed by atoms with Crippen molar-refractivity contribution in [3.8, 4) is 0 Å². The third-order valence-corrected chi connectivity index (χ3v) is 2.51. The summed E-state index contributed by atoms with van der Waals surface area (Å²) in [6, 6.07) is 6.95. The van der Waals surface area contributed by atoms with Crippen molar-refractivity contribution in [2.45, 2.75) is 6.92 Å². The molecule has 0 aliphatic carbocycles. The summed E-state index contributed by atoms with van der Waals surface area (Å²) in [6.45, 7) is 2.09. The molecule has 0 fully saturated rings. The van der Waals surface area contributed by atoms with Crippen LogP contribution in [0.3, 0.4) is 0 Å². The summed E-state index contributed by atoms with van der Waals surface area (Å²) in [6.07, 6.45) is 0. The molecule has 0 aliphatic rings. The number of benzene rings is 1. The average molecular weight is 333 g/mol. The summed E-state index contributed by atoms with van der Waals surface area (Å²) in [5, 5.41) is 2.54. The van der Waals surface area contributed by atoms with Crippen LogP contribution in [0, 0.1) is 3.57 Å². The van der Waals surface area contributed by atoms with Crippen molar-refractivity contribution >= 4 is 34.5 Å². The van der Waals surface area contributed by atoms with Crippen LogP contribution in [-0.2, 0) is 9.53 Å². The molecule has 1 aromatic rings. The first kappa shape index (κ1) is 13.0. The molecule has 0 aliphatic heterocycles. The summed E-state index contributed by atoms with van der Waals surface area (Å²) in [5.74, 6) is -0.774. The number of rotatable bonds is 4. The summed E-state index contributed by atoms with van der Waals surface area (Å²) in [7, 11) is 0. The van der Waals surface area contributed by atoms with Crippen LogP contribution in [0.1, 0.15) is 17.3 Å². The molecule has 0 saturated heterocycles. The summed E-state index contributed by atoms with van der Waals surface area (Å²) in [5.41, 5.74) is 0.449. The fraction of sp³-hybridized carbons (Fsp3) is 0.273. The van der Waals surface area contributed by atoms with Crippen LogP contribution < -0.4 is 5.32 Å². The van der Waals surface area contributed by atoms with Gasteiger partial charge in [-0.3, -0.25) is 4.79 Å². The van der Waals surface area contributed by atoms with Gasteiger partial charge in [0.05, 0.1) is 5.56 Å². The zero-order valence-electron chi connectivity index (χ0n) is 8.83. The van der Waals surface area contributed by atoms with E-state index in [4.69, 9.17) is 4.74 Å². The van der Waals surface area contributed by atoms with Crippen LogP contribution in [-0.4, -0.2) is 25.0 Å². The van der Waals surface area contributed by atoms with E-state index in [2.05, 4.69) is 27.9 Å². The Morgan fingerprint density at radius 1 is 1.31 bits per heavy atom. The number of esters is 1. The Morgan fingerprint density at radius 3 is 2.50 bits per heavy atom. The molecule has 0 radical (unpaired) electrons. The first-order chi connectivity index (χ1) is 7.63. The Kier molecular flexibility index (Phi) is 5.24. The zero-order chi connectivity index (χ0) is 12.0. The molecule has 0 heterocycles. The topological polar surface area (TPSA) is 55.4 Å². The Bertz CT molecular complexity index is 375. The molecule has 1 N–H and O–H groups in total. The van der Waals surface area contributed by atoms with Gasteiger partial charge in [-0.1, -0.05) is 0 Å². The number of carbonyl (C=O) groups is 2. The van der Waals surface area contributed by atoms with Crippen LogP contribution in [0.5, 0.6) is 0 Å². The second kappa shape index (κ2) is 6.47.